The van der Waals surface area contributed by atoms with Gasteiger partial charge in [-0.25, -0.2) is 0 Å². The summed E-state index contributed by atoms with van der Waals surface area (Å²) in [5.74, 6) is 0. The fourth-order valence-electron chi connectivity index (χ4n) is 1.97. The van der Waals surface area contributed by atoms with Gasteiger partial charge < -0.3 is 10.6 Å². The summed E-state index contributed by atoms with van der Waals surface area (Å²) in [4.78, 5) is 4.93. The highest BCUT2D eigenvalue weighted by Crippen LogP contribution is 2.08. The molecular weight excluding hydrogens is 162 g/mol. The maximum absolute atomic E-state index is 5.77. The van der Waals surface area contributed by atoms with Crippen molar-refractivity contribution in [2.45, 2.75) is 25.8 Å². The molecule has 1 atom stereocenters. The highest BCUT2D eigenvalue weighted by molar-refractivity contribution is 4.77. The maximum atomic E-state index is 5.77. The van der Waals surface area contributed by atoms with E-state index in [1.54, 1.807) is 0 Å². The van der Waals surface area contributed by atoms with E-state index >= 15 is 0 Å². The third-order valence-corrected chi connectivity index (χ3v) is 2.95. The summed E-state index contributed by atoms with van der Waals surface area (Å²) in [6.07, 6.45) is 2.49. The molecule has 0 spiro atoms. The molecule has 1 rings (SSSR count). The fraction of sp³-hybridized carbons (Fsp3) is 1.00. The van der Waals surface area contributed by atoms with Crippen molar-refractivity contribution < 1.29 is 0 Å². The molecular formula is C10H23N3. The standard InChI is InChI=1S/C10H23N3/c1-3-4-10(9-11)13-7-5-12(2)6-8-13/h10H,3-9,11H2,1-2H3. The van der Waals surface area contributed by atoms with Gasteiger partial charge in [0.15, 0.2) is 0 Å². The first-order valence-electron chi connectivity index (χ1n) is 5.40. The lowest BCUT2D eigenvalue weighted by molar-refractivity contribution is 0.109. The van der Waals surface area contributed by atoms with Gasteiger partial charge in [0.1, 0.15) is 0 Å². The largest absolute Gasteiger partial charge is 0.329 e. The van der Waals surface area contributed by atoms with E-state index in [4.69, 9.17) is 5.73 Å². The Morgan fingerprint density at radius 3 is 2.31 bits per heavy atom. The fourth-order valence-corrected chi connectivity index (χ4v) is 1.97. The molecule has 3 heteroatoms. The van der Waals surface area contributed by atoms with E-state index in [9.17, 15) is 0 Å². The number of piperazine rings is 1. The predicted molar refractivity (Wildman–Crippen MR) is 56.8 cm³/mol. The summed E-state index contributed by atoms with van der Waals surface area (Å²) < 4.78 is 0. The normalized spacial score (nSPS) is 23.3. The van der Waals surface area contributed by atoms with E-state index in [1.807, 2.05) is 0 Å². The molecule has 0 aliphatic carbocycles. The summed E-state index contributed by atoms with van der Waals surface area (Å²) >= 11 is 0. The van der Waals surface area contributed by atoms with E-state index in [-0.39, 0.29) is 0 Å². The predicted octanol–water partition coefficient (Wildman–Crippen LogP) is 0.361. The molecule has 1 unspecified atom stereocenters. The number of nitrogens with zero attached hydrogens (tertiary/aromatic N) is 2. The molecule has 78 valence electrons. The molecule has 1 saturated heterocycles. The van der Waals surface area contributed by atoms with E-state index in [0.29, 0.717) is 6.04 Å². The van der Waals surface area contributed by atoms with Gasteiger partial charge in [-0.3, -0.25) is 4.90 Å². The first-order valence-corrected chi connectivity index (χ1v) is 5.40. The minimum atomic E-state index is 0.624. The van der Waals surface area contributed by atoms with Gasteiger partial charge in [0.05, 0.1) is 0 Å². The second-order valence-electron chi connectivity index (χ2n) is 4.02. The molecule has 0 aromatic rings. The van der Waals surface area contributed by atoms with Crippen molar-refractivity contribution in [1.29, 1.82) is 0 Å². The van der Waals surface area contributed by atoms with Gasteiger partial charge in [-0.1, -0.05) is 13.3 Å². The molecule has 0 amide bonds. The Morgan fingerprint density at radius 1 is 1.23 bits per heavy atom. The summed E-state index contributed by atoms with van der Waals surface area (Å²) in [6.45, 7) is 7.83. The maximum Gasteiger partial charge on any atom is 0.0219 e. The zero-order chi connectivity index (χ0) is 9.68. The molecule has 2 N–H and O–H groups in total. The zero-order valence-corrected chi connectivity index (χ0v) is 9.00. The minimum absolute atomic E-state index is 0.624. The van der Waals surface area contributed by atoms with Crippen LogP contribution in [0.25, 0.3) is 0 Å². The van der Waals surface area contributed by atoms with Crippen LogP contribution in [0.3, 0.4) is 0 Å². The van der Waals surface area contributed by atoms with Gasteiger partial charge >= 0.3 is 0 Å². The number of hydrogen-bond donors (Lipinski definition) is 1. The van der Waals surface area contributed by atoms with Crippen LogP contribution < -0.4 is 5.73 Å². The Balaban J connectivity index is 2.32. The van der Waals surface area contributed by atoms with E-state index in [2.05, 4.69) is 23.8 Å². The Bertz CT molecular complexity index is 130. The lowest BCUT2D eigenvalue weighted by Crippen LogP contribution is -2.51. The van der Waals surface area contributed by atoms with Crippen LogP contribution in [0, 0.1) is 0 Å². The highest BCUT2D eigenvalue weighted by atomic mass is 15.3. The second-order valence-corrected chi connectivity index (χ2v) is 4.02. The minimum Gasteiger partial charge on any atom is -0.329 e. The number of rotatable bonds is 4. The average Bonchev–Trinajstić information content (AvgIpc) is 2.16. The van der Waals surface area contributed by atoms with Crippen molar-refractivity contribution in [3.63, 3.8) is 0 Å². The van der Waals surface area contributed by atoms with Gasteiger partial charge in [0.2, 0.25) is 0 Å². The topological polar surface area (TPSA) is 32.5 Å². The van der Waals surface area contributed by atoms with Crippen LogP contribution in [0.4, 0.5) is 0 Å². The third kappa shape index (κ3) is 3.25. The van der Waals surface area contributed by atoms with E-state index in [0.717, 1.165) is 6.54 Å². The Morgan fingerprint density at radius 2 is 1.85 bits per heavy atom. The monoisotopic (exact) mass is 185 g/mol. The molecule has 1 aliphatic heterocycles. The Kier molecular flexibility index (Phi) is 4.70. The SMILES string of the molecule is CCCC(CN)N1CCN(C)CC1. The quantitative estimate of drug-likeness (QED) is 0.686. The van der Waals surface area contributed by atoms with Crippen molar-refractivity contribution in [3.8, 4) is 0 Å². The number of hydrogen-bond acceptors (Lipinski definition) is 3. The lowest BCUT2D eigenvalue weighted by atomic mass is 10.1. The molecule has 0 aromatic carbocycles. The zero-order valence-electron chi connectivity index (χ0n) is 9.00. The molecule has 0 radical (unpaired) electrons. The van der Waals surface area contributed by atoms with Gasteiger partial charge in [-0.15, -0.1) is 0 Å². The van der Waals surface area contributed by atoms with Gasteiger partial charge in [-0.05, 0) is 13.5 Å². The summed E-state index contributed by atoms with van der Waals surface area (Å²) in [5, 5.41) is 0. The van der Waals surface area contributed by atoms with Crippen LogP contribution in [-0.4, -0.2) is 55.6 Å². The van der Waals surface area contributed by atoms with Crippen LogP contribution in [0.15, 0.2) is 0 Å². The molecule has 0 bridgehead atoms. The summed E-state index contributed by atoms with van der Waals surface area (Å²) in [6, 6.07) is 0.624. The van der Waals surface area contributed by atoms with Crippen molar-refractivity contribution in [2.75, 3.05) is 39.8 Å². The van der Waals surface area contributed by atoms with Crippen LogP contribution in [0.2, 0.25) is 0 Å². The molecule has 13 heavy (non-hydrogen) atoms. The van der Waals surface area contributed by atoms with E-state index in [1.165, 1.54) is 39.0 Å². The van der Waals surface area contributed by atoms with Crippen molar-refractivity contribution >= 4 is 0 Å². The van der Waals surface area contributed by atoms with E-state index < -0.39 is 0 Å². The van der Waals surface area contributed by atoms with Crippen molar-refractivity contribution in [3.05, 3.63) is 0 Å². The lowest BCUT2D eigenvalue weighted by Gasteiger charge is -2.37. The smallest absolute Gasteiger partial charge is 0.0219 e. The van der Waals surface area contributed by atoms with Gasteiger partial charge in [0, 0.05) is 38.8 Å². The third-order valence-electron chi connectivity index (χ3n) is 2.95. The van der Waals surface area contributed by atoms with Crippen LogP contribution in [-0.2, 0) is 0 Å². The molecule has 1 aliphatic rings. The first kappa shape index (κ1) is 11.0. The summed E-state index contributed by atoms with van der Waals surface area (Å²) in [5.41, 5.74) is 5.77. The van der Waals surface area contributed by atoms with Gasteiger partial charge in [0.25, 0.3) is 0 Å². The summed E-state index contributed by atoms with van der Waals surface area (Å²) in [7, 11) is 2.19. The van der Waals surface area contributed by atoms with Crippen molar-refractivity contribution in [1.82, 2.24) is 9.80 Å². The van der Waals surface area contributed by atoms with Crippen molar-refractivity contribution in [2.24, 2.45) is 5.73 Å². The molecule has 1 fully saturated rings. The number of nitrogens with two attached hydrogens (primary N) is 1. The van der Waals surface area contributed by atoms with Gasteiger partial charge in [-0.2, -0.15) is 0 Å². The van der Waals surface area contributed by atoms with Crippen LogP contribution >= 0.6 is 0 Å². The highest BCUT2D eigenvalue weighted by Gasteiger charge is 2.20. The second kappa shape index (κ2) is 5.58. The first-order chi connectivity index (χ1) is 6.27. The molecule has 0 saturated carbocycles. The number of likely N-dealkylation sites (N-methyl/N-ethyl adjacent to an activating group) is 1. The Hall–Kier alpha value is -0.120. The molecule has 0 aromatic heterocycles. The Labute approximate surface area is 81.9 Å². The molecule has 1 heterocycles. The average molecular weight is 185 g/mol. The van der Waals surface area contributed by atoms with Crippen LogP contribution in [0.1, 0.15) is 19.8 Å². The molecule has 3 nitrogen and oxygen atoms in total. The van der Waals surface area contributed by atoms with Crippen LogP contribution in [0.5, 0.6) is 0 Å².